The zero-order valence-corrected chi connectivity index (χ0v) is 15.6. The molecule has 0 unspecified atom stereocenters. The topological polar surface area (TPSA) is 147 Å². The maximum Gasteiger partial charge on any atom is 0.357 e. The number of aromatic nitrogens is 4. The monoisotopic (exact) mass is 395 g/mol. The average molecular weight is 395 g/mol. The number of aromatic amines is 2. The summed E-state index contributed by atoms with van der Waals surface area (Å²) in [6, 6.07) is 14.5. The number of primary amides is 1. The van der Waals surface area contributed by atoms with Gasteiger partial charge < -0.3 is 15.6 Å². The molecule has 3 heterocycles. The summed E-state index contributed by atoms with van der Waals surface area (Å²) in [5.74, 6) is -1.51. The van der Waals surface area contributed by atoms with Crippen molar-refractivity contribution < 1.29 is 19.4 Å². The summed E-state index contributed by atoms with van der Waals surface area (Å²) in [6.07, 6.45) is 2.56. The maximum absolute atomic E-state index is 10.8. The number of nitrogens with one attached hydrogen (secondary N) is 2. The van der Waals surface area contributed by atoms with Crippen molar-refractivity contribution in [1.29, 1.82) is 0 Å². The summed E-state index contributed by atoms with van der Waals surface area (Å²) in [7, 11) is 0. The van der Waals surface area contributed by atoms with Gasteiger partial charge in [-0.1, -0.05) is 36.4 Å². The van der Waals surface area contributed by atoms with Crippen LogP contribution in [0.25, 0.3) is 21.8 Å². The van der Waals surface area contributed by atoms with Crippen molar-refractivity contribution in [1.82, 2.24) is 20.4 Å². The van der Waals surface area contributed by atoms with Crippen molar-refractivity contribution in [3.8, 4) is 0 Å². The SMILES string of the molecule is C1CCOC1.NC(=O)c1n[nH]c2ccccc12.O=C(O)c1n[nH]c2ccccc12. The van der Waals surface area contributed by atoms with Crippen LogP contribution in [0.15, 0.2) is 48.5 Å². The Labute approximate surface area is 165 Å². The highest BCUT2D eigenvalue weighted by Crippen LogP contribution is 2.14. The molecule has 5 N–H and O–H groups in total. The number of fused-ring (bicyclic) bond motifs is 2. The van der Waals surface area contributed by atoms with Gasteiger partial charge >= 0.3 is 5.97 Å². The van der Waals surface area contributed by atoms with Crippen LogP contribution < -0.4 is 5.73 Å². The van der Waals surface area contributed by atoms with Crippen LogP contribution in [0.1, 0.15) is 33.8 Å². The summed E-state index contributed by atoms with van der Waals surface area (Å²) in [5.41, 5.74) is 7.04. The fourth-order valence-electron chi connectivity index (χ4n) is 2.79. The lowest BCUT2D eigenvalue weighted by atomic mass is 10.2. The Bertz CT molecular complexity index is 1020. The number of aromatic carboxylic acids is 1. The number of carbonyl (C=O) groups excluding carboxylic acids is 1. The number of hydrogen-bond donors (Lipinski definition) is 4. The zero-order valence-electron chi connectivity index (χ0n) is 15.6. The van der Waals surface area contributed by atoms with Gasteiger partial charge in [0.15, 0.2) is 11.4 Å². The van der Waals surface area contributed by atoms with Gasteiger partial charge in [0.05, 0.1) is 11.0 Å². The molecule has 2 aromatic heterocycles. The number of hydrogen-bond acceptors (Lipinski definition) is 5. The standard InChI is InChI=1S/C8H7N3O.C8H6N2O2.C4H8O/c9-8(12)7-5-3-1-2-4-6(5)10-11-7;11-8(12)7-5-3-1-2-4-6(5)9-10-7;1-2-4-5-3-1/h1-4H,(H2,9,12)(H,10,11);1-4H,(H,9,10)(H,11,12);1-4H2. The molecule has 1 saturated heterocycles. The Morgan fingerprint density at radius 1 is 0.862 bits per heavy atom. The number of nitrogens with two attached hydrogens (primary N) is 1. The van der Waals surface area contributed by atoms with Gasteiger partial charge in [-0.2, -0.15) is 10.2 Å². The number of ether oxygens (including phenoxy) is 1. The van der Waals surface area contributed by atoms with Gasteiger partial charge in [0.2, 0.25) is 0 Å². The van der Waals surface area contributed by atoms with E-state index in [1.807, 2.05) is 24.3 Å². The van der Waals surface area contributed by atoms with Gasteiger partial charge in [0, 0.05) is 24.0 Å². The van der Waals surface area contributed by atoms with Crippen molar-refractivity contribution in [2.45, 2.75) is 12.8 Å². The lowest BCUT2D eigenvalue weighted by molar-refractivity contribution is 0.0692. The normalized spacial score (nSPS) is 12.7. The molecule has 0 radical (unpaired) electrons. The number of carboxylic acid groups (broad SMARTS) is 1. The Morgan fingerprint density at radius 3 is 1.79 bits per heavy atom. The third-order valence-corrected chi connectivity index (χ3v) is 4.20. The summed E-state index contributed by atoms with van der Waals surface area (Å²) < 4.78 is 4.94. The third kappa shape index (κ3) is 4.96. The van der Waals surface area contributed by atoms with Crippen LogP contribution in [0.2, 0.25) is 0 Å². The van der Waals surface area contributed by atoms with Crippen molar-refractivity contribution in [3.63, 3.8) is 0 Å². The molecule has 5 rings (SSSR count). The molecule has 9 nitrogen and oxygen atoms in total. The summed E-state index contributed by atoms with van der Waals surface area (Å²) in [6.45, 7) is 2.00. The number of para-hydroxylation sites is 2. The second-order valence-corrected chi connectivity index (χ2v) is 6.22. The van der Waals surface area contributed by atoms with E-state index in [-0.39, 0.29) is 5.69 Å². The van der Waals surface area contributed by atoms with Crippen molar-refractivity contribution in [2.24, 2.45) is 5.73 Å². The van der Waals surface area contributed by atoms with Gasteiger partial charge in [-0.05, 0) is 25.0 Å². The third-order valence-electron chi connectivity index (χ3n) is 4.20. The van der Waals surface area contributed by atoms with Crippen LogP contribution in [-0.4, -0.2) is 50.6 Å². The minimum absolute atomic E-state index is 0.0746. The first-order valence-electron chi connectivity index (χ1n) is 9.05. The molecular formula is C20H21N5O4. The van der Waals surface area contributed by atoms with Crippen LogP contribution in [0.3, 0.4) is 0 Å². The first-order chi connectivity index (χ1) is 14.1. The van der Waals surface area contributed by atoms with Crippen molar-refractivity contribution >= 4 is 33.7 Å². The van der Waals surface area contributed by atoms with E-state index >= 15 is 0 Å². The minimum atomic E-state index is -1.01. The maximum atomic E-state index is 10.8. The molecule has 0 spiro atoms. The van der Waals surface area contributed by atoms with Gasteiger partial charge in [0.1, 0.15) is 0 Å². The highest BCUT2D eigenvalue weighted by Gasteiger charge is 2.11. The van der Waals surface area contributed by atoms with E-state index in [1.165, 1.54) is 12.8 Å². The van der Waals surface area contributed by atoms with Gasteiger partial charge in [-0.25, -0.2) is 4.79 Å². The van der Waals surface area contributed by atoms with Crippen LogP contribution in [0.4, 0.5) is 0 Å². The molecular weight excluding hydrogens is 374 g/mol. The molecule has 0 atom stereocenters. The van der Waals surface area contributed by atoms with E-state index in [4.69, 9.17) is 15.6 Å². The molecule has 0 aliphatic carbocycles. The predicted molar refractivity (Wildman–Crippen MR) is 108 cm³/mol. The van der Waals surface area contributed by atoms with Crippen LogP contribution >= 0.6 is 0 Å². The molecule has 1 fully saturated rings. The van der Waals surface area contributed by atoms with E-state index in [0.29, 0.717) is 11.1 Å². The molecule has 29 heavy (non-hydrogen) atoms. The van der Waals surface area contributed by atoms with Gasteiger partial charge in [-0.3, -0.25) is 15.0 Å². The quantitative estimate of drug-likeness (QED) is 0.410. The second-order valence-electron chi connectivity index (χ2n) is 6.22. The summed E-state index contributed by atoms with van der Waals surface area (Å²) in [5, 5.41) is 22.9. The molecule has 1 aliphatic heterocycles. The molecule has 2 aromatic carbocycles. The number of amides is 1. The van der Waals surface area contributed by atoms with Crippen molar-refractivity contribution in [3.05, 3.63) is 59.9 Å². The molecule has 1 amide bonds. The Morgan fingerprint density at radius 2 is 1.34 bits per heavy atom. The predicted octanol–water partition coefficient (Wildman–Crippen LogP) is 2.72. The Balaban J connectivity index is 0.000000135. The number of carboxylic acids is 1. The molecule has 150 valence electrons. The van der Waals surface area contributed by atoms with E-state index in [9.17, 15) is 9.59 Å². The highest BCUT2D eigenvalue weighted by molar-refractivity contribution is 6.03. The lowest BCUT2D eigenvalue weighted by Crippen LogP contribution is -2.11. The number of benzene rings is 2. The number of nitrogens with zero attached hydrogens (tertiary/aromatic N) is 2. The summed E-state index contributed by atoms with van der Waals surface area (Å²) >= 11 is 0. The largest absolute Gasteiger partial charge is 0.476 e. The van der Waals surface area contributed by atoms with E-state index in [2.05, 4.69) is 20.4 Å². The molecule has 4 aromatic rings. The Hall–Kier alpha value is -3.72. The zero-order chi connectivity index (χ0) is 20.6. The fourth-order valence-corrected chi connectivity index (χ4v) is 2.79. The number of carbonyl (C=O) groups is 2. The first-order valence-corrected chi connectivity index (χ1v) is 9.05. The van der Waals surface area contributed by atoms with Crippen LogP contribution in [0, 0.1) is 0 Å². The number of H-pyrrole nitrogens is 2. The van der Waals surface area contributed by atoms with Crippen LogP contribution in [0.5, 0.6) is 0 Å². The van der Waals surface area contributed by atoms with E-state index in [1.54, 1.807) is 24.3 Å². The van der Waals surface area contributed by atoms with Crippen LogP contribution in [-0.2, 0) is 4.74 Å². The molecule has 1 aliphatic rings. The fraction of sp³-hybridized carbons (Fsp3) is 0.200. The van der Waals surface area contributed by atoms with Gasteiger partial charge in [-0.15, -0.1) is 0 Å². The van der Waals surface area contributed by atoms with Gasteiger partial charge in [0.25, 0.3) is 5.91 Å². The summed E-state index contributed by atoms with van der Waals surface area (Å²) in [4.78, 5) is 21.4. The van der Waals surface area contributed by atoms with Crippen molar-refractivity contribution in [2.75, 3.05) is 13.2 Å². The Kier molecular flexibility index (Phi) is 6.54. The van der Waals surface area contributed by atoms with E-state index < -0.39 is 11.9 Å². The van der Waals surface area contributed by atoms with E-state index in [0.717, 1.165) is 29.6 Å². The molecule has 9 heteroatoms. The first kappa shape index (κ1) is 20.0. The molecule has 0 saturated carbocycles. The average Bonchev–Trinajstić information content (AvgIpc) is 3.49. The highest BCUT2D eigenvalue weighted by atomic mass is 16.5. The smallest absolute Gasteiger partial charge is 0.357 e. The number of rotatable bonds is 2. The minimum Gasteiger partial charge on any atom is -0.476 e. The lowest BCUT2D eigenvalue weighted by Gasteiger charge is -1.88. The molecule has 0 bridgehead atoms. The second kappa shape index (κ2) is 9.47.